The van der Waals surface area contributed by atoms with E-state index < -0.39 is 0 Å². The lowest BCUT2D eigenvalue weighted by Crippen LogP contribution is -2.46. The van der Waals surface area contributed by atoms with E-state index in [1.807, 2.05) is 50.2 Å². The van der Waals surface area contributed by atoms with Crippen molar-refractivity contribution in [2.24, 2.45) is 0 Å². The first-order valence-corrected chi connectivity index (χ1v) is 9.63. The molecule has 0 radical (unpaired) electrons. The molecule has 2 aromatic rings. The lowest BCUT2D eigenvalue weighted by molar-refractivity contribution is -0.123. The van der Waals surface area contributed by atoms with E-state index in [1.165, 1.54) is 4.90 Å². The summed E-state index contributed by atoms with van der Waals surface area (Å²) < 4.78 is 6.69. The van der Waals surface area contributed by atoms with Crippen molar-refractivity contribution in [2.75, 3.05) is 11.4 Å². The van der Waals surface area contributed by atoms with Crippen LogP contribution in [-0.2, 0) is 9.59 Å². The maximum atomic E-state index is 13.0. The van der Waals surface area contributed by atoms with Gasteiger partial charge in [-0.05, 0) is 43.2 Å². The van der Waals surface area contributed by atoms with Crippen LogP contribution in [0, 0.1) is 0 Å². The van der Waals surface area contributed by atoms with Crippen molar-refractivity contribution in [1.29, 1.82) is 0 Å². The predicted molar refractivity (Wildman–Crippen MR) is 109 cm³/mol. The monoisotopic (exact) mass is 428 g/mol. The van der Waals surface area contributed by atoms with Crippen molar-refractivity contribution in [3.05, 3.63) is 64.3 Å². The fourth-order valence-corrected chi connectivity index (χ4v) is 3.12. The molecule has 1 atom stereocenters. The third-order valence-corrected chi connectivity index (χ3v) is 5.07. The molecule has 6 heteroatoms. The number of amides is 2. The van der Waals surface area contributed by atoms with Gasteiger partial charge in [0.25, 0.3) is 5.91 Å². The maximum absolute atomic E-state index is 13.0. The first-order chi connectivity index (χ1) is 13.0. The van der Waals surface area contributed by atoms with Gasteiger partial charge in [0.1, 0.15) is 6.54 Å². The standard InChI is InChI=1S/C21H21BrN2O3/c1-3-14(2)23-20(25)13-24-17-10-6-7-11-18(17)27-19(21(24)26)12-15-8-4-5-9-16(15)22/h4-12,14H,3,13H2,1-2H3,(H,23,25)/b19-12+/t14-/m1/s1. The second-order valence-corrected chi connectivity index (χ2v) is 7.22. The third-order valence-electron chi connectivity index (χ3n) is 4.35. The largest absolute Gasteiger partial charge is 0.449 e. The molecule has 2 amide bonds. The van der Waals surface area contributed by atoms with E-state index in [-0.39, 0.29) is 30.2 Å². The highest BCUT2D eigenvalue weighted by Gasteiger charge is 2.31. The number of carbonyl (C=O) groups excluding carboxylic acids is 2. The molecule has 0 fully saturated rings. The zero-order chi connectivity index (χ0) is 19.4. The molecule has 1 aliphatic heterocycles. The van der Waals surface area contributed by atoms with Crippen molar-refractivity contribution in [3.8, 4) is 5.75 Å². The number of hydrogen-bond donors (Lipinski definition) is 1. The lowest BCUT2D eigenvalue weighted by atomic mass is 10.1. The van der Waals surface area contributed by atoms with Crippen molar-refractivity contribution in [2.45, 2.75) is 26.3 Å². The molecular formula is C21H21BrN2O3. The topological polar surface area (TPSA) is 58.6 Å². The Kier molecular flexibility index (Phi) is 5.96. The van der Waals surface area contributed by atoms with Gasteiger partial charge in [0.05, 0.1) is 5.69 Å². The number of fused-ring (bicyclic) bond motifs is 1. The van der Waals surface area contributed by atoms with Gasteiger partial charge in [0.2, 0.25) is 5.91 Å². The number of carbonyl (C=O) groups is 2. The Balaban J connectivity index is 1.93. The van der Waals surface area contributed by atoms with Gasteiger partial charge in [-0.2, -0.15) is 0 Å². The number of benzene rings is 2. The second kappa shape index (κ2) is 8.39. The maximum Gasteiger partial charge on any atom is 0.294 e. The number of anilines is 1. The average Bonchev–Trinajstić information content (AvgIpc) is 2.66. The summed E-state index contributed by atoms with van der Waals surface area (Å²) in [5.41, 5.74) is 1.41. The second-order valence-electron chi connectivity index (χ2n) is 6.37. The molecule has 1 aliphatic rings. The van der Waals surface area contributed by atoms with Crippen molar-refractivity contribution >= 4 is 39.5 Å². The van der Waals surface area contributed by atoms with Gasteiger partial charge in [-0.15, -0.1) is 0 Å². The van der Waals surface area contributed by atoms with Crippen LogP contribution in [0.2, 0.25) is 0 Å². The van der Waals surface area contributed by atoms with Gasteiger partial charge >= 0.3 is 0 Å². The summed E-state index contributed by atoms with van der Waals surface area (Å²) in [5, 5.41) is 2.90. The van der Waals surface area contributed by atoms with E-state index in [1.54, 1.807) is 18.2 Å². The van der Waals surface area contributed by atoms with Crippen LogP contribution in [0.5, 0.6) is 5.75 Å². The SMILES string of the molecule is CC[C@@H](C)NC(=O)CN1C(=O)/C(=C\c2ccccc2Br)Oc2ccccc21. The molecule has 3 rings (SSSR count). The van der Waals surface area contributed by atoms with Gasteiger partial charge in [-0.1, -0.05) is 53.2 Å². The zero-order valence-corrected chi connectivity index (χ0v) is 16.8. The molecule has 0 aromatic heterocycles. The summed E-state index contributed by atoms with van der Waals surface area (Å²) in [6.45, 7) is 3.88. The van der Waals surface area contributed by atoms with Gasteiger partial charge in [0.15, 0.2) is 11.5 Å². The molecule has 2 aromatic carbocycles. The minimum Gasteiger partial charge on any atom is -0.449 e. The Bertz CT molecular complexity index is 895. The summed E-state index contributed by atoms with van der Waals surface area (Å²) in [6.07, 6.45) is 2.51. The number of para-hydroxylation sites is 2. The Hall–Kier alpha value is -2.60. The molecule has 0 saturated heterocycles. The van der Waals surface area contributed by atoms with Crippen LogP contribution >= 0.6 is 15.9 Å². The minimum atomic E-state index is -0.344. The summed E-state index contributed by atoms with van der Waals surface area (Å²) in [7, 11) is 0. The summed E-state index contributed by atoms with van der Waals surface area (Å²) in [5.74, 6) is 0.182. The summed E-state index contributed by atoms with van der Waals surface area (Å²) in [4.78, 5) is 26.9. The van der Waals surface area contributed by atoms with Crippen molar-refractivity contribution in [3.63, 3.8) is 0 Å². The molecule has 0 unspecified atom stereocenters. The number of ether oxygens (including phenoxy) is 1. The molecule has 5 nitrogen and oxygen atoms in total. The fraction of sp³-hybridized carbons (Fsp3) is 0.238. The molecule has 0 saturated carbocycles. The predicted octanol–water partition coefficient (Wildman–Crippen LogP) is 4.13. The van der Waals surface area contributed by atoms with Gasteiger partial charge in [-0.25, -0.2) is 0 Å². The zero-order valence-electron chi connectivity index (χ0n) is 15.2. The van der Waals surface area contributed by atoms with Crippen LogP contribution in [-0.4, -0.2) is 24.4 Å². The van der Waals surface area contributed by atoms with Crippen molar-refractivity contribution in [1.82, 2.24) is 5.32 Å². The Labute approximate surface area is 167 Å². The smallest absolute Gasteiger partial charge is 0.294 e. The van der Waals surface area contributed by atoms with E-state index in [2.05, 4.69) is 21.2 Å². The van der Waals surface area contributed by atoms with Gasteiger partial charge < -0.3 is 10.1 Å². The van der Waals surface area contributed by atoms with E-state index in [4.69, 9.17) is 4.74 Å². The van der Waals surface area contributed by atoms with E-state index in [0.717, 1.165) is 16.5 Å². The molecule has 1 heterocycles. The quantitative estimate of drug-likeness (QED) is 0.728. The molecular weight excluding hydrogens is 408 g/mol. The van der Waals surface area contributed by atoms with Gasteiger partial charge in [-0.3, -0.25) is 14.5 Å². The first-order valence-electron chi connectivity index (χ1n) is 8.84. The summed E-state index contributed by atoms with van der Waals surface area (Å²) >= 11 is 3.48. The van der Waals surface area contributed by atoms with Crippen LogP contribution in [0.4, 0.5) is 5.69 Å². The fourth-order valence-electron chi connectivity index (χ4n) is 2.72. The lowest BCUT2D eigenvalue weighted by Gasteiger charge is -2.30. The molecule has 140 valence electrons. The number of halogens is 1. The number of nitrogens with one attached hydrogen (secondary N) is 1. The number of rotatable bonds is 5. The highest BCUT2D eigenvalue weighted by Crippen LogP contribution is 2.35. The molecule has 0 bridgehead atoms. The Morgan fingerprint density at radius 2 is 1.93 bits per heavy atom. The first kappa shape index (κ1) is 19.2. The highest BCUT2D eigenvalue weighted by atomic mass is 79.9. The summed E-state index contributed by atoms with van der Waals surface area (Å²) in [6, 6.07) is 14.8. The van der Waals surface area contributed by atoms with E-state index >= 15 is 0 Å². The number of hydrogen-bond acceptors (Lipinski definition) is 3. The third kappa shape index (κ3) is 4.39. The number of nitrogens with zero attached hydrogens (tertiary/aromatic N) is 1. The molecule has 0 spiro atoms. The molecule has 27 heavy (non-hydrogen) atoms. The minimum absolute atomic E-state index is 0.0548. The van der Waals surface area contributed by atoms with Crippen LogP contribution in [0.25, 0.3) is 6.08 Å². The van der Waals surface area contributed by atoms with E-state index in [0.29, 0.717) is 11.4 Å². The Morgan fingerprint density at radius 3 is 2.67 bits per heavy atom. The normalized spacial score (nSPS) is 15.9. The molecule has 1 N–H and O–H groups in total. The van der Waals surface area contributed by atoms with Crippen LogP contribution < -0.4 is 15.0 Å². The van der Waals surface area contributed by atoms with Gasteiger partial charge in [0, 0.05) is 10.5 Å². The molecule has 0 aliphatic carbocycles. The van der Waals surface area contributed by atoms with E-state index in [9.17, 15) is 9.59 Å². The van der Waals surface area contributed by atoms with Crippen molar-refractivity contribution < 1.29 is 14.3 Å². The average molecular weight is 429 g/mol. The highest BCUT2D eigenvalue weighted by molar-refractivity contribution is 9.10. The Morgan fingerprint density at radius 1 is 1.22 bits per heavy atom. The van der Waals surface area contributed by atoms with Crippen LogP contribution in [0.1, 0.15) is 25.8 Å². The van der Waals surface area contributed by atoms with Crippen LogP contribution in [0.3, 0.4) is 0 Å². The van der Waals surface area contributed by atoms with Crippen LogP contribution in [0.15, 0.2) is 58.8 Å².